The molecule has 0 fully saturated rings. The van der Waals surface area contributed by atoms with Crippen LogP contribution >= 0.6 is 0 Å². The lowest BCUT2D eigenvalue weighted by Crippen LogP contribution is -2.14. The summed E-state index contributed by atoms with van der Waals surface area (Å²) < 4.78 is 27.0. The molecular formula is C14H17N3O2S. The van der Waals surface area contributed by atoms with Gasteiger partial charge >= 0.3 is 0 Å². The lowest BCUT2D eigenvalue weighted by Gasteiger charge is -2.10. The molecule has 1 heterocycles. The van der Waals surface area contributed by atoms with Crippen LogP contribution in [0.2, 0.25) is 0 Å². The number of hydrogen-bond donors (Lipinski definition) is 2. The van der Waals surface area contributed by atoms with Crippen molar-refractivity contribution in [2.24, 2.45) is 5.73 Å². The standard InChI is InChI=1S/C14H17N3O2S/c1-10-3-6-14(16-9-10)17-20(18,19)13-5-4-12(8-15)11(2)7-13/h3-7,9H,8,15H2,1-2H3,(H,16,17). The molecule has 3 N–H and O–H groups in total. The monoisotopic (exact) mass is 291 g/mol. The smallest absolute Gasteiger partial charge is 0.263 e. The number of hydrogen-bond acceptors (Lipinski definition) is 4. The lowest BCUT2D eigenvalue weighted by molar-refractivity contribution is 0.601. The van der Waals surface area contributed by atoms with Crippen LogP contribution in [0, 0.1) is 13.8 Å². The second kappa shape index (κ2) is 5.60. The summed E-state index contributed by atoms with van der Waals surface area (Å²) in [7, 11) is -3.63. The van der Waals surface area contributed by atoms with Crippen LogP contribution in [0.4, 0.5) is 5.82 Å². The van der Waals surface area contributed by atoms with Crippen molar-refractivity contribution in [3.63, 3.8) is 0 Å². The summed E-state index contributed by atoms with van der Waals surface area (Å²) in [6.45, 7) is 4.12. The molecule has 0 aliphatic rings. The van der Waals surface area contributed by atoms with Crippen LogP contribution in [0.25, 0.3) is 0 Å². The van der Waals surface area contributed by atoms with Gasteiger partial charge in [0.2, 0.25) is 0 Å². The minimum atomic E-state index is -3.63. The van der Waals surface area contributed by atoms with Crippen molar-refractivity contribution in [1.82, 2.24) is 4.98 Å². The molecule has 106 valence electrons. The van der Waals surface area contributed by atoms with E-state index < -0.39 is 10.0 Å². The summed E-state index contributed by atoms with van der Waals surface area (Å²) in [5.41, 5.74) is 8.32. The molecule has 1 aromatic carbocycles. The van der Waals surface area contributed by atoms with E-state index in [9.17, 15) is 8.42 Å². The number of nitrogens with one attached hydrogen (secondary N) is 1. The Labute approximate surface area is 118 Å². The highest BCUT2D eigenvalue weighted by Gasteiger charge is 2.15. The van der Waals surface area contributed by atoms with Gasteiger partial charge in [0.25, 0.3) is 10.0 Å². The molecule has 0 radical (unpaired) electrons. The molecule has 0 bridgehead atoms. The third kappa shape index (κ3) is 3.15. The van der Waals surface area contributed by atoms with Gasteiger partial charge in [0.15, 0.2) is 0 Å². The maximum absolute atomic E-state index is 12.3. The zero-order valence-corrected chi connectivity index (χ0v) is 12.2. The van der Waals surface area contributed by atoms with Crippen molar-refractivity contribution in [3.05, 3.63) is 53.2 Å². The Bertz CT molecular complexity index is 710. The van der Waals surface area contributed by atoms with Crippen LogP contribution in [0.5, 0.6) is 0 Å². The summed E-state index contributed by atoms with van der Waals surface area (Å²) in [4.78, 5) is 4.24. The molecule has 5 nitrogen and oxygen atoms in total. The van der Waals surface area contributed by atoms with E-state index in [4.69, 9.17) is 5.73 Å². The average Bonchev–Trinajstić information content (AvgIpc) is 2.41. The Kier molecular flexibility index (Phi) is 4.06. The van der Waals surface area contributed by atoms with Crippen LogP contribution in [-0.4, -0.2) is 13.4 Å². The number of pyridine rings is 1. The Hall–Kier alpha value is -1.92. The summed E-state index contributed by atoms with van der Waals surface area (Å²) in [6, 6.07) is 8.32. The second-order valence-electron chi connectivity index (χ2n) is 4.62. The topological polar surface area (TPSA) is 85.1 Å². The number of aryl methyl sites for hydroxylation is 2. The number of rotatable bonds is 4. The van der Waals surface area contributed by atoms with E-state index in [2.05, 4.69) is 9.71 Å². The van der Waals surface area contributed by atoms with Crippen molar-refractivity contribution in [3.8, 4) is 0 Å². The van der Waals surface area contributed by atoms with Crippen LogP contribution in [-0.2, 0) is 16.6 Å². The van der Waals surface area contributed by atoms with Gasteiger partial charge in [-0.3, -0.25) is 4.72 Å². The number of nitrogens with two attached hydrogens (primary N) is 1. The number of anilines is 1. The van der Waals surface area contributed by atoms with E-state index in [1.807, 2.05) is 13.8 Å². The van der Waals surface area contributed by atoms with E-state index in [1.54, 1.807) is 36.5 Å². The number of aromatic nitrogens is 1. The van der Waals surface area contributed by atoms with Crippen molar-refractivity contribution < 1.29 is 8.42 Å². The third-order valence-corrected chi connectivity index (χ3v) is 4.35. The predicted molar refractivity (Wildman–Crippen MR) is 78.9 cm³/mol. The van der Waals surface area contributed by atoms with Crippen molar-refractivity contribution in [2.75, 3.05) is 4.72 Å². The van der Waals surface area contributed by atoms with Gasteiger partial charge in [0, 0.05) is 12.7 Å². The van der Waals surface area contributed by atoms with Crippen LogP contribution in [0.1, 0.15) is 16.7 Å². The summed E-state index contributed by atoms with van der Waals surface area (Å²) in [6.07, 6.45) is 1.61. The molecule has 2 rings (SSSR count). The summed E-state index contributed by atoms with van der Waals surface area (Å²) in [5, 5.41) is 0. The van der Waals surface area contributed by atoms with E-state index in [1.165, 1.54) is 0 Å². The molecule has 0 atom stereocenters. The summed E-state index contributed by atoms with van der Waals surface area (Å²) >= 11 is 0. The van der Waals surface area contributed by atoms with Gasteiger partial charge < -0.3 is 5.73 Å². The van der Waals surface area contributed by atoms with Crippen LogP contribution < -0.4 is 10.5 Å². The first-order valence-corrected chi connectivity index (χ1v) is 7.66. The Balaban J connectivity index is 2.30. The quantitative estimate of drug-likeness (QED) is 0.901. The first kappa shape index (κ1) is 14.5. The second-order valence-corrected chi connectivity index (χ2v) is 6.30. The molecule has 0 spiro atoms. The highest BCUT2D eigenvalue weighted by Crippen LogP contribution is 2.18. The van der Waals surface area contributed by atoms with Crippen LogP contribution in [0.3, 0.4) is 0 Å². The average molecular weight is 291 g/mol. The van der Waals surface area contributed by atoms with Crippen LogP contribution in [0.15, 0.2) is 41.4 Å². The van der Waals surface area contributed by atoms with Gasteiger partial charge in [-0.05, 0) is 48.7 Å². The van der Waals surface area contributed by atoms with E-state index in [0.29, 0.717) is 12.4 Å². The first-order chi connectivity index (χ1) is 9.42. The molecule has 0 aliphatic carbocycles. The molecular weight excluding hydrogens is 274 g/mol. The van der Waals surface area contributed by atoms with E-state index >= 15 is 0 Å². The Morgan fingerprint density at radius 1 is 1.20 bits per heavy atom. The highest BCUT2D eigenvalue weighted by molar-refractivity contribution is 7.92. The van der Waals surface area contributed by atoms with Gasteiger partial charge in [0.1, 0.15) is 5.82 Å². The fraction of sp³-hybridized carbons (Fsp3) is 0.214. The van der Waals surface area contributed by atoms with Gasteiger partial charge in [-0.2, -0.15) is 0 Å². The van der Waals surface area contributed by atoms with Crippen molar-refractivity contribution in [2.45, 2.75) is 25.3 Å². The SMILES string of the molecule is Cc1ccc(NS(=O)(=O)c2ccc(CN)c(C)c2)nc1. The molecule has 20 heavy (non-hydrogen) atoms. The maximum atomic E-state index is 12.3. The zero-order valence-electron chi connectivity index (χ0n) is 11.4. The maximum Gasteiger partial charge on any atom is 0.263 e. The van der Waals surface area contributed by atoms with E-state index in [0.717, 1.165) is 16.7 Å². The molecule has 0 saturated heterocycles. The fourth-order valence-corrected chi connectivity index (χ4v) is 2.88. The predicted octanol–water partition coefficient (Wildman–Crippen LogP) is 1.96. The van der Waals surface area contributed by atoms with E-state index in [-0.39, 0.29) is 4.90 Å². The van der Waals surface area contributed by atoms with Gasteiger partial charge in [-0.25, -0.2) is 13.4 Å². The molecule has 1 aromatic heterocycles. The summed E-state index contributed by atoms with van der Waals surface area (Å²) in [5.74, 6) is 0.302. The molecule has 0 amide bonds. The molecule has 0 unspecified atom stereocenters. The number of nitrogens with zero attached hydrogens (tertiary/aromatic N) is 1. The zero-order chi connectivity index (χ0) is 14.8. The minimum absolute atomic E-state index is 0.203. The molecule has 0 aliphatic heterocycles. The number of benzene rings is 1. The fourth-order valence-electron chi connectivity index (χ4n) is 1.79. The lowest BCUT2D eigenvalue weighted by atomic mass is 10.1. The van der Waals surface area contributed by atoms with Gasteiger partial charge in [-0.1, -0.05) is 12.1 Å². The Morgan fingerprint density at radius 2 is 1.95 bits per heavy atom. The normalized spacial score (nSPS) is 11.3. The van der Waals surface area contributed by atoms with Crippen molar-refractivity contribution in [1.29, 1.82) is 0 Å². The van der Waals surface area contributed by atoms with Crippen molar-refractivity contribution >= 4 is 15.8 Å². The largest absolute Gasteiger partial charge is 0.326 e. The molecule has 2 aromatic rings. The van der Waals surface area contributed by atoms with Gasteiger partial charge in [-0.15, -0.1) is 0 Å². The third-order valence-electron chi connectivity index (χ3n) is 2.99. The molecule has 6 heteroatoms. The highest BCUT2D eigenvalue weighted by atomic mass is 32.2. The minimum Gasteiger partial charge on any atom is -0.326 e. The Morgan fingerprint density at radius 3 is 2.50 bits per heavy atom. The first-order valence-electron chi connectivity index (χ1n) is 6.17. The number of sulfonamides is 1. The van der Waals surface area contributed by atoms with Gasteiger partial charge in [0.05, 0.1) is 4.90 Å². The molecule has 0 saturated carbocycles.